The van der Waals surface area contributed by atoms with E-state index < -0.39 is 15.8 Å². The molecular formula is C13H18O4S. The average molecular weight is 270 g/mol. The number of carboxylic acids is 1. The molecule has 0 bridgehead atoms. The zero-order valence-corrected chi connectivity index (χ0v) is 11.5. The van der Waals surface area contributed by atoms with Crippen molar-refractivity contribution in [2.75, 3.05) is 5.75 Å². The van der Waals surface area contributed by atoms with Gasteiger partial charge in [0.1, 0.15) is 0 Å². The molecule has 0 radical (unpaired) electrons. The molecule has 1 aromatic rings. The molecule has 0 fully saturated rings. The fourth-order valence-corrected chi connectivity index (χ4v) is 3.42. The topological polar surface area (TPSA) is 71.4 Å². The molecule has 1 rings (SSSR count). The summed E-state index contributed by atoms with van der Waals surface area (Å²) >= 11 is 0. The van der Waals surface area contributed by atoms with Crippen molar-refractivity contribution in [3.8, 4) is 0 Å². The predicted octanol–water partition coefficient (Wildman–Crippen LogP) is 2.20. The molecule has 5 heteroatoms. The quantitative estimate of drug-likeness (QED) is 0.860. The standard InChI is InChI=1S/C13H18O4S/c1-3-8-18(16,17)12-6-4-10(2)9-11(12)5-7-13(14)15/h4,6,9H,3,5,7-8H2,1-2H3,(H,14,15). The highest BCUT2D eigenvalue weighted by Gasteiger charge is 2.18. The minimum absolute atomic E-state index is 0.0574. The molecule has 0 heterocycles. The highest BCUT2D eigenvalue weighted by molar-refractivity contribution is 7.91. The number of rotatable bonds is 6. The summed E-state index contributed by atoms with van der Waals surface area (Å²) in [5.41, 5.74) is 1.54. The second-order valence-corrected chi connectivity index (χ2v) is 6.40. The summed E-state index contributed by atoms with van der Waals surface area (Å²) in [7, 11) is -3.30. The van der Waals surface area contributed by atoms with Gasteiger partial charge in [0.15, 0.2) is 9.84 Å². The van der Waals surface area contributed by atoms with E-state index in [1.807, 2.05) is 13.8 Å². The number of carboxylic acid groups (broad SMARTS) is 1. The fraction of sp³-hybridized carbons (Fsp3) is 0.462. The largest absolute Gasteiger partial charge is 0.481 e. The van der Waals surface area contributed by atoms with Gasteiger partial charge in [-0.2, -0.15) is 0 Å². The van der Waals surface area contributed by atoms with Crippen LogP contribution in [0, 0.1) is 6.92 Å². The molecule has 0 aliphatic heterocycles. The van der Waals surface area contributed by atoms with Gasteiger partial charge in [0.2, 0.25) is 0 Å². The molecule has 0 atom stereocenters. The molecule has 0 saturated heterocycles. The summed E-state index contributed by atoms with van der Waals surface area (Å²) in [4.78, 5) is 10.9. The van der Waals surface area contributed by atoms with Crippen LogP contribution in [0.3, 0.4) is 0 Å². The van der Waals surface area contributed by atoms with Crippen molar-refractivity contribution in [2.45, 2.75) is 38.0 Å². The van der Waals surface area contributed by atoms with Crippen LogP contribution in [0.1, 0.15) is 30.9 Å². The Kier molecular flexibility index (Phi) is 4.90. The van der Waals surface area contributed by atoms with E-state index in [1.165, 1.54) is 0 Å². The Bertz CT molecular complexity index is 532. The maximum atomic E-state index is 12.1. The Morgan fingerprint density at radius 1 is 1.33 bits per heavy atom. The van der Waals surface area contributed by atoms with Crippen LogP contribution in [-0.2, 0) is 21.1 Å². The summed E-state index contributed by atoms with van der Waals surface area (Å²) in [6, 6.07) is 5.08. The van der Waals surface area contributed by atoms with Crippen molar-refractivity contribution in [1.82, 2.24) is 0 Å². The lowest BCUT2D eigenvalue weighted by Gasteiger charge is -2.10. The van der Waals surface area contributed by atoms with Crippen molar-refractivity contribution >= 4 is 15.8 Å². The molecule has 0 amide bonds. The summed E-state index contributed by atoms with van der Waals surface area (Å²) in [6.07, 6.45) is 0.738. The minimum atomic E-state index is -3.30. The smallest absolute Gasteiger partial charge is 0.303 e. The minimum Gasteiger partial charge on any atom is -0.481 e. The Labute approximate surface area is 108 Å². The lowest BCUT2D eigenvalue weighted by atomic mass is 10.1. The zero-order valence-electron chi connectivity index (χ0n) is 10.6. The number of aryl methyl sites for hydroxylation is 2. The van der Waals surface area contributed by atoms with Crippen molar-refractivity contribution in [3.63, 3.8) is 0 Å². The predicted molar refractivity (Wildman–Crippen MR) is 69.5 cm³/mol. The Hall–Kier alpha value is -1.36. The summed E-state index contributed by atoms with van der Waals surface area (Å²) in [5.74, 6) is -0.828. The van der Waals surface area contributed by atoms with Crippen LogP contribution in [0.15, 0.2) is 23.1 Å². The van der Waals surface area contributed by atoms with Gasteiger partial charge >= 0.3 is 5.97 Å². The highest BCUT2D eigenvalue weighted by atomic mass is 32.2. The molecule has 0 unspecified atom stereocenters. The van der Waals surface area contributed by atoms with Gasteiger partial charge in [0.05, 0.1) is 10.6 Å². The second kappa shape index (κ2) is 6.00. The number of hydrogen-bond acceptors (Lipinski definition) is 3. The third-order valence-corrected chi connectivity index (χ3v) is 4.65. The van der Waals surface area contributed by atoms with Gasteiger partial charge in [-0.3, -0.25) is 4.79 Å². The number of aliphatic carboxylic acids is 1. The number of sulfone groups is 1. The van der Waals surface area contributed by atoms with Crippen molar-refractivity contribution in [3.05, 3.63) is 29.3 Å². The van der Waals surface area contributed by atoms with Crippen molar-refractivity contribution in [2.24, 2.45) is 0 Å². The maximum Gasteiger partial charge on any atom is 0.303 e. The highest BCUT2D eigenvalue weighted by Crippen LogP contribution is 2.21. The van der Waals surface area contributed by atoms with E-state index in [0.717, 1.165) is 5.56 Å². The third kappa shape index (κ3) is 3.84. The molecule has 18 heavy (non-hydrogen) atoms. The van der Waals surface area contributed by atoms with Gasteiger partial charge in [0, 0.05) is 6.42 Å². The van der Waals surface area contributed by atoms with Crippen LogP contribution >= 0.6 is 0 Å². The van der Waals surface area contributed by atoms with Gasteiger partial charge in [-0.1, -0.05) is 24.6 Å². The van der Waals surface area contributed by atoms with Crippen LogP contribution in [0.25, 0.3) is 0 Å². The molecule has 0 saturated carbocycles. The van der Waals surface area contributed by atoms with Gasteiger partial charge in [-0.15, -0.1) is 0 Å². The van der Waals surface area contributed by atoms with Crippen LogP contribution in [0.4, 0.5) is 0 Å². The van der Waals surface area contributed by atoms with E-state index in [1.54, 1.807) is 18.2 Å². The SMILES string of the molecule is CCCS(=O)(=O)c1ccc(C)cc1CCC(=O)O. The summed E-state index contributed by atoms with van der Waals surface area (Å²) in [6.45, 7) is 3.67. The second-order valence-electron chi connectivity index (χ2n) is 4.32. The average Bonchev–Trinajstić information content (AvgIpc) is 2.26. The first-order valence-electron chi connectivity index (χ1n) is 5.91. The Morgan fingerprint density at radius 2 is 2.00 bits per heavy atom. The first-order chi connectivity index (χ1) is 8.36. The van der Waals surface area contributed by atoms with Gasteiger partial charge in [-0.25, -0.2) is 8.42 Å². The van der Waals surface area contributed by atoms with E-state index in [0.29, 0.717) is 12.0 Å². The van der Waals surface area contributed by atoms with Crippen LogP contribution in [0.5, 0.6) is 0 Å². The Morgan fingerprint density at radius 3 is 2.56 bits per heavy atom. The van der Waals surface area contributed by atoms with Crippen molar-refractivity contribution in [1.29, 1.82) is 0 Å². The summed E-state index contributed by atoms with van der Waals surface area (Å²) in [5, 5.41) is 8.69. The monoisotopic (exact) mass is 270 g/mol. The van der Waals surface area contributed by atoms with Gasteiger partial charge in [-0.05, 0) is 31.4 Å². The van der Waals surface area contributed by atoms with E-state index in [2.05, 4.69) is 0 Å². The normalized spacial score (nSPS) is 11.4. The molecule has 0 spiro atoms. The molecule has 1 aromatic carbocycles. The van der Waals surface area contributed by atoms with E-state index in [9.17, 15) is 13.2 Å². The van der Waals surface area contributed by atoms with Crippen LogP contribution < -0.4 is 0 Å². The molecule has 0 aliphatic carbocycles. The Balaban J connectivity index is 3.14. The number of carbonyl (C=O) groups is 1. The van der Waals surface area contributed by atoms with Crippen LogP contribution in [0.2, 0.25) is 0 Å². The third-order valence-electron chi connectivity index (χ3n) is 2.63. The lowest BCUT2D eigenvalue weighted by Crippen LogP contribution is -2.10. The van der Waals surface area contributed by atoms with Gasteiger partial charge in [0.25, 0.3) is 0 Å². The van der Waals surface area contributed by atoms with E-state index in [4.69, 9.17) is 5.11 Å². The maximum absolute atomic E-state index is 12.1. The molecule has 1 N–H and O–H groups in total. The molecule has 4 nitrogen and oxygen atoms in total. The van der Waals surface area contributed by atoms with E-state index >= 15 is 0 Å². The molecule has 100 valence electrons. The van der Waals surface area contributed by atoms with Crippen molar-refractivity contribution < 1.29 is 18.3 Å². The molecular weight excluding hydrogens is 252 g/mol. The van der Waals surface area contributed by atoms with Crippen LogP contribution in [-0.4, -0.2) is 25.2 Å². The van der Waals surface area contributed by atoms with Gasteiger partial charge < -0.3 is 5.11 Å². The first-order valence-corrected chi connectivity index (χ1v) is 7.56. The fourth-order valence-electron chi connectivity index (χ4n) is 1.83. The first kappa shape index (κ1) is 14.7. The molecule has 0 aliphatic rings. The zero-order chi connectivity index (χ0) is 13.8. The molecule has 0 aromatic heterocycles. The number of hydrogen-bond donors (Lipinski definition) is 1. The lowest BCUT2D eigenvalue weighted by molar-refractivity contribution is -0.136. The summed E-state index contributed by atoms with van der Waals surface area (Å²) < 4.78 is 24.1. The number of benzene rings is 1. The van der Waals surface area contributed by atoms with E-state index in [-0.39, 0.29) is 23.5 Å².